The van der Waals surface area contributed by atoms with Crippen LogP contribution in [0.25, 0.3) is 0 Å². The van der Waals surface area contributed by atoms with Gasteiger partial charge in [0, 0.05) is 38.3 Å². The molecule has 1 aromatic heterocycles. The molecule has 3 aromatic rings. The summed E-state index contributed by atoms with van der Waals surface area (Å²) in [4.78, 5) is 42.0. The SMILES string of the molecule is CN(C)c1cccc(C(=O)NNC(=O)C2Cc3ccccc3CN2C(=O)c2ccco2)c1. The van der Waals surface area contributed by atoms with E-state index in [1.54, 1.807) is 30.3 Å². The highest BCUT2D eigenvalue weighted by Gasteiger charge is 2.36. The van der Waals surface area contributed by atoms with E-state index in [0.717, 1.165) is 16.8 Å². The van der Waals surface area contributed by atoms with Crippen LogP contribution >= 0.6 is 0 Å². The average Bonchev–Trinajstić information content (AvgIpc) is 3.36. The first-order chi connectivity index (χ1) is 15.4. The molecule has 164 valence electrons. The molecule has 4 rings (SSSR count). The lowest BCUT2D eigenvalue weighted by Crippen LogP contribution is -2.56. The minimum atomic E-state index is -0.795. The first-order valence-corrected chi connectivity index (χ1v) is 10.2. The third-order valence-corrected chi connectivity index (χ3v) is 5.47. The van der Waals surface area contributed by atoms with Gasteiger partial charge < -0.3 is 14.2 Å². The first kappa shape index (κ1) is 21.2. The summed E-state index contributed by atoms with van der Waals surface area (Å²) in [7, 11) is 3.76. The van der Waals surface area contributed by atoms with Gasteiger partial charge in [0.15, 0.2) is 5.76 Å². The number of fused-ring (bicyclic) bond motifs is 1. The number of carbonyl (C=O) groups excluding carboxylic acids is 3. The smallest absolute Gasteiger partial charge is 0.290 e. The topological polar surface area (TPSA) is 94.9 Å². The second-order valence-electron chi connectivity index (χ2n) is 7.79. The van der Waals surface area contributed by atoms with Gasteiger partial charge in [0.2, 0.25) is 0 Å². The zero-order chi connectivity index (χ0) is 22.7. The molecule has 2 heterocycles. The summed E-state index contributed by atoms with van der Waals surface area (Å²) in [5.74, 6) is -1.14. The van der Waals surface area contributed by atoms with Crippen molar-refractivity contribution in [3.8, 4) is 0 Å². The molecule has 0 saturated heterocycles. The Morgan fingerprint density at radius 1 is 0.969 bits per heavy atom. The van der Waals surface area contributed by atoms with Crippen molar-refractivity contribution in [1.82, 2.24) is 15.8 Å². The molecule has 0 bridgehead atoms. The van der Waals surface area contributed by atoms with E-state index >= 15 is 0 Å². The van der Waals surface area contributed by atoms with E-state index in [2.05, 4.69) is 10.9 Å². The molecular weight excluding hydrogens is 408 g/mol. The number of amides is 3. The van der Waals surface area contributed by atoms with Gasteiger partial charge in [0.25, 0.3) is 17.7 Å². The zero-order valence-electron chi connectivity index (χ0n) is 17.9. The van der Waals surface area contributed by atoms with Crippen molar-refractivity contribution in [3.63, 3.8) is 0 Å². The van der Waals surface area contributed by atoms with Gasteiger partial charge in [-0.3, -0.25) is 25.2 Å². The van der Waals surface area contributed by atoms with E-state index in [1.165, 1.54) is 11.2 Å². The van der Waals surface area contributed by atoms with E-state index in [1.807, 2.05) is 49.3 Å². The van der Waals surface area contributed by atoms with Gasteiger partial charge in [-0.05, 0) is 41.5 Å². The molecule has 0 saturated carbocycles. The van der Waals surface area contributed by atoms with E-state index in [-0.39, 0.29) is 18.2 Å². The maximum absolute atomic E-state index is 13.0. The largest absolute Gasteiger partial charge is 0.459 e. The van der Waals surface area contributed by atoms with E-state index in [4.69, 9.17) is 4.42 Å². The van der Waals surface area contributed by atoms with Crippen molar-refractivity contribution in [3.05, 3.63) is 89.4 Å². The summed E-state index contributed by atoms with van der Waals surface area (Å²) in [5.41, 5.74) is 8.18. The normalized spacial score (nSPS) is 14.9. The maximum Gasteiger partial charge on any atom is 0.290 e. The first-order valence-electron chi connectivity index (χ1n) is 10.2. The minimum Gasteiger partial charge on any atom is -0.459 e. The van der Waals surface area contributed by atoms with Gasteiger partial charge in [-0.1, -0.05) is 30.3 Å². The molecule has 2 aromatic carbocycles. The molecule has 1 aliphatic rings. The highest BCUT2D eigenvalue weighted by Crippen LogP contribution is 2.25. The second kappa shape index (κ2) is 8.97. The third-order valence-electron chi connectivity index (χ3n) is 5.47. The Morgan fingerprint density at radius 2 is 1.75 bits per heavy atom. The molecule has 0 fully saturated rings. The fraction of sp³-hybridized carbons (Fsp3) is 0.208. The Bertz CT molecular complexity index is 1140. The zero-order valence-corrected chi connectivity index (χ0v) is 17.9. The summed E-state index contributed by atoms with van der Waals surface area (Å²) in [6, 6.07) is 17.1. The van der Waals surface area contributed by atoms with Crippen molar-refractivity contribution in [1.29, 1.82) is 0 Å². The number of anilines is 1. The Kier molecular flexibility index (Phi) is 5.93. The lowest BCUT2D eigenvalue weighted by molar-refractivity contribution is -0.127. The molecule has 1 unspecified atom stereocenters. The van der Waals surface area contributed by atoms with Crippen molar-refractivity contribution < 1.29 is 18.8 Å². The lowest BCUT2D eigenvalue weighted by atomic mass is 9.93. The monoisotopic (exact) mass is 432 g/mol. The van der Waals surface area contributed by atoms with Crippen LogP contribution in [0.3, 0.4) is 0 Å². The van der Waals surface area contributed by atoms with E-state index in [9.17, 15) is 14.4 Å². The Labute approximate surface area is 185 Å². The number of nitrogens with one attached hydrogen (secondary N) is 2. The fourth-order valence-electron chi connectivity index (χ4n) is 3.71. The Morgan fingerprint density at radius 3 is 2.47 bits per heavy atom. The standard InChI is InChI=1S/C24H24N4O4/c1-27(2)19-10-5-9-17(13-19)22(29)25-26-23(30)20-14-16-7-3-4-8-18(16)15-28(20)24(31)21-11-6-12-32-21/h3-13,20H,14-15H2,1-2H3,(H,25,29)(H,26,30). The van der Waals surface area contributed by atoms with Gasteiger partial charge in [-0.25, -0.2) is 0 Å². The second-order valence-corrected chi connectivity index (χ2v) is 7.79. The van der Waals surface area contributed by atoms with Crippen LogP contribution < -0.4 is 15.8 Å². The van der Waals surface area contributed by atoms with E-state index in [0.29, 0.717) is 12.0 Å². The van der Waals surface area contributed by atoms with Gasteiger partial charge >= 0.3 is 0 Å². The van der Waals surface area contributed by atoms with Crippen LogP contribution in [0.15, 0.2) is 71.3 Å². The maximum atomic E-state index is 13.0. The van der Waals surface area contributed by atoms with Gasteiger partial charge in [-0.2, -0.15) is 0 Å². The van der Waals surface area contributed by atoms with Crippen LogP contribution in [0.1, 0.15) is 32.0 Å². The summed E-state index contributed by atoms with van der Waals surface area (Å²) in [5, 5.41) is 0. The molecule has 1 aliphatic heterocycles. The summed E-state index contributed by atoms with van der Waals surface area (Å²) >= 11 is 0. The van der Waals surface area contributed by atoms with Crippen LogP contribution in [-0.2, 0) is 17.8 Å². The number of furan rings is 1. The molecule has 3 amide bonds. The molecule has 2 N–H and O–H groups in total. The number of nitrogens with zero attached hydrogens (tertiary/aromatic N) is 2. The molecule has 8 nitrogen and oxygen atoms in total. The van der Waals surface area contributed by atoms with Crippen LogP contribution in [0, 0.1) is 0 Å². The van der Waals surface area contributed by atoms with Crippen molar-refractivity contribution in [2.24, 2.45) is 0 Å². The van der Waals surface area contributed by atoms with Crippen molar-refractivity contribution in [2.75, 3.05) is 19.0 Å². The number of rotatable bonds is 4. The van der Waals surface area contributed by atoms with Crippen LogP contribution in [0.4, 0.5) is 5.69 Å². The Balaban J connectivity index is 1.50. The third kappa shape index (κ3) is 4.34. The number of hydrogen-bond donors (Lipinski definition) is 2. The summed E-state index contributed by atoms with van der Waals surface area (Å²) in [6.45, 7) is 0.270. The molecule has 1 atom stereocenters. The molecule has 8 heteroatoms. The van der Waals surface area contributed by atoms with Crippen molar-refractivity contribution in [2.45, 2.75) is 19.0 Å². The molecule has 0 aliphatic carbocycles. The number of hydrazine groups is 1. The Hall–Kier alpha value is -4.07. The predicted octanol–water partition coefficient (Wildman–Crippen LogP) is 2.37. The van der Waals surface area contributed by atoms with Gasteiger partial charge in [0.05, 0.1) is 6.26 Å². The van der Waals surface area contributed by atoms with Crippen LogP contribution in [0.2, 0.25) is 0 Å². The molecule has 0 radical (unpaired) electrons. The number of benzene rings is 2. The van der Waals surface area contributed by atoms with Gasteiger partial charge in [-0.15, -0.1) is 0 Å². The fourth-order valence-corrected chi connectivity index (χ4v) is 3.71. The lowest BCUT2D eigenvalue weighted by Gasteiger charge is -2.35. The quantitative estimate of drug-likeness (QED) is 0.618. The predicted molar refractivity (Wildman–Crippen MR) is 119 cm³/mol. The summed E-state index contributed by atoms with van der Waals surface area (Å²) in [6.07, 6.45) is 1.75. The van der Waals surface area contributed by atoms with Crippen molar-refractivity contribution >= 4 is 23.4 Å². The minimum absolute atomic E-state index is 0.159. The highest BCUT2D eigenvalue weighted by molar-refractivity contribution is 5.98. The number of carbonyl (C=O) groups is 3. The molecule has 0 spiro atoms. The van der Waals surface area contributed by atoms with Crippen LogP contribution in [0.5, 0.6) is 0 Å². The number of hydrogen-bond acceptors (Lipinski definition) is 5. The van der Waals surface area contributed by atoms with Crippen LogP contribution in [-0.4, -0.2) is 42.8 Å². The average molecular weight is 432 g/mol. The van der Waals surface area contributed by atoms with Gasteiger partial charge in [0.1, 0.15) is 6.04 Å². The summed E-state index contributed by atoms with van der Waals surface area (Å²) < 4.78 is 5.25. The molecular formula is C24H24N4O4. The highest BCUT2D eigenvalue weighted by atomic mass is 16.3. The van der Waals surface area contributed by atoms with E-state index < -0.39 is 17.9 Å². The molecule has 32 heavy (non-hydrogen) atoms.